The minimum Gasteiger partial charge on any atom is -0.465 e. The number of carboxylic acid groups (broad SMARTS) is 1. The van der Waals surface area contributed by atoms with Gasteiger partial charge >= 0.3 is 6.09 Å². The maximum absolute atomic E-state index is 14.2. The molecule has 2 amide bonds. The highest BCUT2D eigenvalue weighted by atomic mass is 19.1. The average Bonchev–Trinajstić information content (AvgIpc) is 3.16. The van der Waals surface area contributed by atoms with Crippen LogP contribution in [0.15, 0.2) is 12.1 Å². The van der Waals surface area contributed by atoms with E-state index >= 15 is 0 Å². The van der Waals surface area contributed by atoms with E-state index in [4.69, 9.17) is 5.11 Å². The Morgan fingerprint density at radius 3 is 2.68 bits per heavy atom. The number of aromatic nitrogens is 4. The summed E-state index contributed by atoms with van der Waals surface area (Å²) in [6.45, 7) is 3.69. The third-order valence-corrected chi connectivity index (χ3v) is 5.87. The summed E-state index contributed by atoms with van der Waals surface area (Å²) < 4.78 is 15.9. The van der Waals surface area contributed by atoms with Gasteiger partial charge in [-0.15, -0.1) is 15.3 Å². The molecule has 0 aromatic carbocycles. The maximum atomic E-state index is 14.2. The van der Waals surface area contributed by atoms with E-state index in [1.165, 1.54) is 0 Å². The largest absolute Gasteiger partial charge is 0.465 e. The van der Waals surface area contributed by atoms with Gasteiger partial charge in [-0.05, 0) is 25.6 Å². The van der Waals surface area contributed by atoms with Crippen molar-refractivity contribution in [1.29, 1.82) is 0 Å². The molecule has 0 aliphatic carbocycles. The highest BCUT2D eigenvalue weighted by Crippen LogP contribution is 2.16. The number of anilines is 1. The number of amides is 2. The lowest BCUT2D eigenvalue weighted by Gasteiger charge is -2.33. The van der Waals surface area contributed by atoms with Crippen molar-refractivity contribution < 1.29 is 19.1 Å². The average molecular weight is 434 g/mol. The molecule has 4 heterocycles. The van der Waals surface area contributed by atoms with E-state index in [0.29, 0.717) is 17.9 Å². The molecule has 0 unspecified atom stereocenters. The van der Waals surface area contributed by atoms with E-state index in [2.05, 4.69) is 37.5 Å². The summed E-state index contributed by atoms with van der Waals surface area (Å²) in [5.74, 6) is 1.11. The molecule has 2 atom stereocenters. The van der Waals surface area contributed by atoms with E-state index in [0.717, 1.165) is 36.9 Å². The molecule has 0 bridgehead atoms. The first-order valence-electron chi connectivity index (χ1n) is 10.5. The van der Waals surface area contributed by atoms with Gasteiger partial charge in [0.1, 0.15) is 12.0 Å². The number of likely N-dealkylation sites (tertiary alicyclic amines) is 1. The molecule has 0 spiro atoms. The summed E-state index contributed by atoms with van der Waals surface area (Å²) in [7, 11) is 2.09. The van der Waals surface area contributed by atoms with Gasteiger partial charge in [0.15, 0.2) is 11.5 Å². The molecule has 2 aliphatic rings. The number of alkyl halides is 1. The van der Waals surface area contributed by atoms with Crippen LogP contribution in [0.25, 0.3) is 5.65 Å². The molecule has 0 saturated carbocycles. The minimum absolute atomic E-state index is 0.118. The van der Waals surface area contributed by atoms with Crippen LogP contribution in [0.1, 0.15) is 18.7 Å². The topological polar surface area (TPSA) is 119 Å². The summed E-state index contributed by atoms with van der Waals surface area (Å²) >= 11 is 0. The highest BCUT2D eigenvalue weighted by molar-refractivity contribution is 5.76. The zero-order valence-electron chi connectivity index (χ0n) is 17.4. The standard InChI is InChI=1S/C19H27FN8O3/c1-25-8-10-26(11-9-25)17-3-2-15-22-23-16(28(15)24-17)4-5-18(29)21-14-6-7-27(19(30)31)12-13(14)20/h2-3,13-14H,4-12H2,1H3,(H,21,29)(H,30,31)/t13-,14+/m1/s1. The third kappa shape index (κ3) is 4.84. The van der Waals surface area contributed by atoms with Crippen LogP contribution in [-0.4, -0.2) is 105 Å². The molecular weight excluding hydrogens is 407 g/mol. The molecule has 2 saturated heterocycles. The van der Waals surface area contributed by atoms with Crippen LogP contribution in [-0.2, 0) is 11.2 Å². The molecule has 0 radical (unpaired) electrons. The molecule has 2 N–H and O–H groups in total. The smallest absolute Gasteiger partial charge is 0.407 e. The first-order chi connectivity index (χ1) is 14.9. The molecule has 2 aromatic rings. The molecule has 12 heteroatoms. The van der Waals surface area contributed by atoms with E-state index in [-0.39, 0.29) is 31.8 Å². The van der Waals surface area contributed by atoms with E-state index in [1.807, 2.05) is 12.1 Å². The number of fused-ring (bicyclic) bond motifs is 1. The molecule has 2 fully saturated rings. The number of rotatable bonds is 5. The number of aryl methyl sites for hydroxylation is 1. The van der Waals surface area contributed by atoms with Gasteiger partial charge in [0, 0.05) is 45.6 Å². The Hall–Kier alpha value is -3.02. The Labute approximate surface area is 178 Å². The number of halogens is 1. The summed E-state index contributed by atoms with van der Waals surface area (Å²) in [5, 5.41) is 24.6. The molecule has 2 aromatic heterocycles. The van der Waals surface area contributed by atoms with E-state index < -0.39 is 18.3 Å². The summed E-state index contributed by atoms with van der Waals surface area (Å²) in [5.41, 5.74) is 0.609. The number of carbonyl (C=O) groups is 2. The highest BCUT2D eigenvalue weighted by Gasteiger charge is 2.32. The van der Waals surface area contributed by atoms with Crippen LogP contribution in [0, 0.1) is 0 Å². The summed E-state index contributed by atoms with van der Waals surface area (Å²) in [4.78, 5) is 28.8. The lowest BCUT2D eigenvalue weighted by molar-refractivity contribution is -0.122. The van der Waals surface area contributed by atoms with Crippen molar-refractivity contribution >= 4 is 23.5 Å². The minimum atomic E-state index is -1.42. The normalized spacial score (nSPS) is 22.6. The van der Waals surface area contributed by atoms with Gasteiger partial charge in [0.25, 0.3) is 0 Å². The fourth-order valence-electron chi connectivity index (χ4n) is 3.93. The Morgan fingerprint density at radius 1 is 1.19 bits per heavy atom. The lowest BCUT2D eigenvalue weighted by atomic mass is 10.0. The molecular formula is C19H27FN8O3. The molecule has 168 valence electrons. The molecule has 11 nitrogen and oxygen atoms in total. The molecule has 2 aliphatic heterocycles. The van der Waals surface area contributed by atoms with Crippen molar-refractivity contribution in [2.75, 3.05) is 51.2 Å². The molecule has 4 rings (SSSR count). The zero-order chi connectivity index (χ0) is 22.0. The van der Waals surface area contributed by atoms with Gasteiger partial charge in [-0.2, -0.15) is 4.52 Å². The monoisotopic (exact) mass is 434 g/mol. The van der Waals surface area contributed by atoms with Crippen molar-refractivity contribution in [1.82, 2.24) is 34.9 Å². The lowest BCUT2D eigenvalue weighted by Crippen LogP contribution is -2.53. The van der Waals surface area contributed by atoms with Gasteiger partial charge in [0.05, 0.1) is 12.6 Å². The molecule has 31 heavy (non-hydrogen) atoms. The van der Waals surface area contributed by atoms with Crippen LogP contribution < -0.4 is 10.2 Å². The van der Waals surface area contributed by atoms with Crippen molar-refractivity contribution in [3.05, 3.63) is 18.0 Å². The maximum Gasteiger partial charge on any atom is 0.407 e. The number of carbonyl (C=O) groups excluding carboxylic acids is 1. The predicted molar refractivity (Wildman–Crippen MR) is 110 cm³/mol. The second-order valence-corrected chi connectivity index (χ2v) is 8.08. The van der Waals surface area contributed by atoms with Gasteiger partial charge in [-0.1, -0.05) is 0 Å². The van der Waals surface area contributed by atoms with Gasteiger partial charge < -0.3 is 25.1 Å². The second-order valence-electron chi connectivity index (χ2n) is 8.08. The number of hydrogen-bond acceptors (Lipinski definition) is 7. The number of hydrogen-bond donors (Lipinski definition) is 2. The van der Waals surface area contributed by atoms with E-state index in [9.17, 15) is 14.0 Å². The first kappa shape index (κ1) is 21.2. The SMILES string of the molecule is CN1CCN(c2ccc3nnc(CCC(=O)N[C@H]4CCN(C(=O)O)C[C@H]4F)n3n2)CC1. The number of nitrogens with zero attached hydrogens (tertiary/aromatic N) is 7. The predicted octanol–water partition coefficient (Wildman–Crippen LogP) is 0.0153. The second kappa shape index (κ2) is 9.00. The van der Waals surface area contributed by atoms with Crippen molar-refractivity contribution in [2.24, 2.45) is 0 Å². The summed E-state index contributed by atoms with van der Waals surface area (Å²) in [6, 6.07) is 3.11. The van der Waals surface area contributed by atoms with Crippen LogP contribution in [0.5, 0.6) is 0 Å². The summed E-state index contributed by atoms with van der Waals surface area (Å²) in [6.07, 6.45) is -1.88. The van der Waals surface area contributed by atoms with Gasteiger partial charge in [-0.25, -0.2) is 9.18 Å². The fraction of sp³-hybridized carbons (Fsp3) is 0.632. The fourth-order valence-corrected chi connectivity index (χ4v) is 3.93. The van der Waals surface area contributed by atoms with Gasteiger partial charge in [-0.3, -0.25) is 4.79 Å². The van der Waals surface area contributed by atoms with Crippen molar-refractivity contribution in [2.45, 2.75) is 31.5 Å². The third-order valence-electron chi connectivity index (χ3n) is 5.87. The van der Waals surface area contributed by atoms with Crippen LogP contribution in [0.4, 0.5) is 15.0 Å². The number of piperidine rings is 1. The zero-order valence-corrected chi connectivity index (χ0v) is 17.4. The van der Waals surface area contributed by atoms with Gasteiger partial charge in [0.2, 0.25) is 5.91 Å². The Balaban J connectivity index is 1.35. The Bertz CT molecular complexity index is 945. The number of likely N-dealkylation sites (N-methyl/N-ethyl adjacent to an activating group) is 1. The van der Waals surface area contributed by atoms with Crippen LogP contribution in [0.3, 0.4) is 0 Å². The number of nitrogens with one attached hydrogen (secondary N) is 1. The van der Waals surface area contributed by atoms with Crippen LogP contribution >= 0.6 is 0 Å². The van der Waals surface area contributed by atoms with Crippen molar-refractivity contribution in [3.8, 4) is 0 Å². The quantitative estimate of drug-likeness (QED) is 0.676. The van der Waals surface area contributed by atoms with Crippen LogP contribution in [0.2, 0.25) is 0 Å². The Morgan fingerprint density at radius 2 is 1.97 bits per heavy atom. The number of piperazine rings is 1. The van der Waals surface area contributed by atoms with Crippen molar-refractivity contribution in [3.63, 3.8) is 0 Å². The Kier molecular flexibility index (Phi) is 6.16. The first-order valence-corrected chi connectivity index (χ1v) is 10.5. The van der Waals surface area contributed by atoms with E-state index in [1.54, 1.807) is 4.52 Å².